The van der Waals surface area contributed by atoms with Crippen LogP contribution in [0.25, 0.3) is 0 Å². The van der Waals surface area contributed by atoms with Crippen molar-refractivity contribution in [3.63, 3.8) is 0 Å². The molecule has 0 atom stereocenters. The summed E-state index contributed by atoms with van der Waals surface area (Å²) in [6.07, 6.45) is 0.611. The molecule has 0 heterocycles. The van der Waals surface area contributed by atoms with Gasteiger partial charge >= 0.3 is 0 Å². The van der Waals surface area contributed by atoms with E-state index in [0.29, 0.717) is 24.5 Å². The molecule has 0 aliphatic carbocycles. The molecule has 0 saturated heterocycles. The van der Waals surface area contributed by atoms with Crippen LogP contribution < -0.4 is 5.32 Å². The number of benzene rings is 2. The molecular weight excluding hydrogens is 324 g/mol. The van der Waals surface area contributed by atoms with Crippen LogP contribution in [0.2, 0.25) is 5.02 Å². The minimum atomic E-state index is -0.0747. The van der Waals surface area contributed by atoms with Crippen LogP contribution in [0.15, 0.2) is 54.6 Å². The van der Waals surface area contributed by atoms with Gasteiger partial charge in [0.05, 0.1) is 6.42 Å². The van der Waals surface area contributed by atoms with E-state index in [1.165, 1.54) is 0 Å². The summed E-state index contributed by atoms with van der Waals surface area (Å²) in [7, 11) is 1.75. The molecule has 4 nitrogen and oxygen atoms in total. The second-order valence-electron chi connectivity index (χ2n) is 5.64. The first-order chi connectivity index (χ1) is 11.5. The molecule has 0 radical (unpaired) electrons. The Kier molecular flexibility index (Phi) is 6.82. The zero-order chi connectivity index (χ0) is 17.4. The van der Waals surface area contributed by atoms with Crippen LogP contribution in [0.4, 0.5) is 0 Å². The summed E-state index contributed by atoms with van der Waals surface area (Å²) >= 11 is 5.85. The molecular formula is C19H21ClN2O2. The van der Waals surface area contributed by atoms with Crippen molar-refractivity contribution in [1.29, 1.82) is 0 Å². The number of amides is 2. The van der Waals surface area contributed by atoms with Crippen LogP contribution in [-0.4, -0.2) is 30.3 Å². The molecule has 126 valence electrons. The second kappa shape index (κ2) is 9.08. The zero-order valence-electron chi connectivity index (χ0n) is 13.7. The van der Waals surface area contributed by atoms with Crippen LogP contribution in [0.3, 0.4) is 0 Å². The third-order valence-electron chi connectivity index (χ3n) is 3.63. The topological polar surface area (TPSA) is 49.4 Å². The van der Waals surface area contributed by atoms with Crippen LogP contribution in [0.5, 0.6) is 0 Å². The summed E-state index contributed by atoms with van der Waals surface area (Å²) in [5.41, 5.74) is 1.98. The molecule has 0 aromatic heterocycles. The summed E-state index contributed by atoms with van der Waals surface area (Å²) in [6.45, 7) is 0.865. The van der Waals surface area contributed by atoms with Gasteiger partial charge in [0, 0.05) is 31.6 Å². The maximum Gasteiger partial charge on any atom is 0.224 e. The van der Waals surface area contributed by atoms with E-state index in [-0.39, 0.29) is 18.2 Å². The molecule has 1 N–H and O–H groups in total. The van der Waals surface area contributed by atoms with Crippen molar-refractivity contribution in [3.05, 3.63) is 70.7 Å². The van der Waals surface area contributed by atoms with Crippen molar-refractivity contribution in [1.82, 2.24) is 10.2 Å². The number of rotatable bonds is 7. The van der Waals surface area contributed by atoms with E-state index in [0.717, 1.165) is 11.1 Å². The van der Waals surface area contributed by atoms with Gasteiger partial charge in [-0.15, -0.1) is 0 Å². The smallest absolute Gasteiger partial charge is 0.224 e. The minimum Gasteiger partial charge on any atom is -0.355 e. The van der Waals surface area contributed by atoms with Crippen LogP contribution in [0, 0.1) is 0 Å². The minimum absolute atomic E-state index is 0.00930. The Balaban J connectivity index is 1.70. The van der Waals surface area contributed by atoms with Gasteiger partial charge in [-0.25, -0.2) is 0 Å². The van der Waals surface area contributed by atoms with Gasteiger partial charge in [0.1, 0.15) is 0 Å². The highest BCUT2D eigenvalue weighted by molar-refractivity contribution is 6.30. The lowest BCUT2D eigenvalue weighted by molar-refractivity contribution is -0.130. The predicted octanol–water partition coefficient (Wildman–Crippen LogP) is 3.05. The molecule has 0 saturated carbocycles. The SMILES string of the molecule is CN(Cc1ccc(Cl)cc1)C(=O)CCNC(=O)Cc1ccccc1. The van der Waals surface area contributed by atoms with E-state index in [4.69, 9.17) is 11.6 Å². The lowest BCUT2D eigenvalue weighted by Gasteiger charge is -2.17. The van der Waals surface area contributed by atoms with Gasteiger partial charge in [0.25, 0.3) is 0 Å². The van der Waals surface area contributed by atoms with Gasteiger partial charge in [-0.05, 0) is 23.3 Å². The Morgan fingerprint density at radius 3 is 2.33 bits per heavy atom. The van der Waals surface area contributed by atoms with Crippen LogP contribution in [0.1, 0.15) is 17.5 Å². The van der Waals surface area contributed by atoms with E-state index in [1.807, 2.05) is 42.5 Å². The highest BCUT2D eigenvalue weighted by atomic mass is 35.5. The molecule has 0 aliphatic heterocycles. The van der Waals surface area contributed by atoms with E-state index in [9.17, 15) is 9.59 Å². The maximum atomic E-state index is 12.1. The molecule has 0 unspecified atom stereocenters. The number of carbonyl (C=O) groups is 2. The van der Waals surface area contributed by atoms with Gasteiger partial charge < -0.3 is 10.2 Å². The molecule has 0 fully saturated rings. The lowest BCUT2D eigenvalue weighted by atomic mass is 10.1. The van der Waals surface area contributed by atoms with E-state index in [1.54, 1.807) is 24.1 Å². The van der Waals surface area contributed by atoms with Crippen molar-refractivity contribution in [2.24, 2.45) is 0 Å². The first-order valence-corrected chi connectivity index (χ1v) is 8.21. The Labute approximate surface area is 147 Å². The largest absolute Gasteiger partial charge is 0.355 e. The average molecular weight is 345 g/mol. The second-order valence-corrected chi connectivity index (χ2v) is 6.08. The monoisotopic (exact) mass is 344 g/mol. The van der Waals surface area contributed by atoms with E-state index < -0.39 is 0 Å². The van der Waals surface area contributed by atoms with Gasteiger partial charge in [-0.3, -0.25) is 9.59 Å². The highest BCUT2D eigenvalue weighted by Crippen LogP contribution is 2.11. The Morgan fingerprint density at radius 2 is 1.67 bits per heavy atom. The van der Waals surface area contributed by atoms with Gasteiger partial charge in [-0.1, -0.05) is 54.1 Å². The quantitative estimate of drug-likeness (QED) is 0.839. The summed E-state index contributed by atoms with van der Waals surface area (Å²) in [4.78, 5) is 25.6. The molecule has 0 spiro atoms. The molecule has 0 bridgehead atoms. The van der Waals surface area contributed by atoms with Crippen LogP contribution >= 0.6 is 11.6 Å². The fourth-order valence-electron chi connectivity index (χ4n) is 2.30. The summed E-state index contributed by atoms with van der Waals surface area (Å²) in [6, 6.07) is 16.9. The molecule has 24 heavy (non-hydrogen) atoms. The maximum absolute atomic E-state index is 12.1. The van der Waals surface area contributed by atoms with Crippen molar-refractivity contribution in [3.8, 4) is 0 Å². The third-order valence-corrected chi connectivity index (χ3v) is 3.88. The molecule has 2 rings (SSSR count). The van der Waals surface area contributed by atoms with Crippen molar-refractivity contribution in [2.45, 2.75) is 19.4 Å². The standard InChI is InChI=1S/C19H21ClN2O2/c1-22(14-16-7-9-17(20)10-8-16)19(24)11-12-21-18(23)13-15-5-3-2-4-6-15/h2-10H,11-14H2,1H3,(H,21,23). The van der Waals surface area contributed by atoms with E-state index >= 15 is 0 Å². The van der Waals surface area contributed by atoms with Gasteiger partial charge in [-0.2, -0.15) is 0 Å². The summed E-state index contributed by atoms with van der Waals surface area (Å²) in [5, 5.41) is 3.46. The first-order valence-electron chi connectivity index (χ1n) is 7.83. The normalized spacial score (nSPS) is 10.2. The van der Waals surface area contributed by atoms with Crippen molar-refractivity contribution >= 4 is 23.4 Å². The Bertz CT molecular complexity index is 672. The van der Waals surface area contributed by atoms with Gasteiger partial charge in [0.2, 0.25) is 11.8 Å². The van der Waals surface area contributed by atoms with Crippen molar-refractivity contribution < 1.29 is 9.59 Å². The number of carbonyl (C=O) groups excluding carboxylic acids is 2. The number of nitrogens with one attached hydrogen (secondary N) is 1. The zero-order valence-corrected chi connectivity index (χ0v) is 14.4. The average Bonchev–Trinajstić information content (AvgIpc) is 2.57. The Morgan fingerprint density at radius 1 is 1.00 bits per heavy atom. The van der Waals surface area contributed by atoms with E-state index in [2.05, 4.69) is 5.32 Å². The molecule has 5 heteroatoms. The molecule has 2 aromatic carbocycles. The van der Waals surface area contributed by atoms with Gasteiger partial charge in [0.15, 0.2) is 0 Å². The number of nitrogens with zero attached hydrogens (tertiary/aromatic N) is 1. The third kappa shape index (κ3) is 6.05. The summed E-state index contributed by atoms with van der Waals surface area (Å²) < 4.78 is 0. The van der Waals surface area contributed by atoms with Crippen LogP contribution in [-0.2, 0) is 22.6 Å². The van der Waals surface area contributed by atoms with Crippen molar-refractivity contribution in [2.75, 3.05) is 13.6 Å². The number of hydrogen-bond donors (Lipinski definition) is 1. The predicted molar refractivity (Wildman–Crippen MR) is 95.7 cm³/mol. The number of halogens is 1. The lowest BCUT2D eigenvalue weighted by Crippen LogP contribution is -2.32. The fraction of sp³-hybridized carbons (Fsp3) is 0.263. The fourth-order valence-corrected chi connectivity index (χ4v) is 2.42. The Hall–Kier alpha value is -2.33. The molecule has 0 aliphatic rings. The number of hydrogen-bond acceptors (Lipinski definition) is 2. The molecule has 2 aromatic rings. The first kappa shape index (κ1) is 18.0. The molecule has 2 amide bonds. The summed E-state index contributed by atoms with van der Waals surface area (Å²) in [5.74, 6) is -0.0840. The highest BCUT2D eigenvalue weighted by Gasteiger charge is 2.10.